The molecule has 0 saturated carbocycles. The SMILES string of the molecule is C=CCOc1ccc(C(O)=C2C(=O)C(=O)N(CCCN3CCOCC3)[C@H]2c2cccc([N+](=O)[O-])c2)cc1. The van der Waals surface area contributed by atoms with Crippen LogP contribution in [-0.4, -0.2) is 77.5 Å². The van der Waals surface area contributed by atoms with Gasteiger partial charge in [0.2, 0.25) is 0 Å². The highest BCUT2D eigenvalue weighted by molar-refractivity contribution is 6.46. The van der Waals surface area contributed by atoms with Gasteiger partial charge >= 0.3 is 0 Å². The summed E-state index contributed by atoms with van der Waals surface area (Å²) in [5, 5.41) is 22.6. The summed E-state index contributed by atoms with van der Waals surface area (Å²) in [6.07, 6.45) is 2.20. The Morgan fingerprint density at radius 1 is 1.16 bits per heavy atom. The topological polar surface area (TPSA) is 122 Å². The van der Waals surface area contributed by atoms with Gasteiger partial charge < -0.3 is 19.5 Å². The second kappa shape index (κ2) is 11.8. The van der Waals surface area contributed by atoms with E-state index in [2.05, 4.69) is 11.5 Å². The number of rotatable bonds is 10. The molecule has 2 heterocycles. The normalized spacial score (nSPS) is 19.7. The summed E-state index contributed by atoms with van der Waals surface area (Å²) in [4.78, 5) is 40.9. The van der Waals surface area contributed by atoms with Crippen molar-refractivity contribution in [1.29, 1.82) is 0 Å². The lowest BCUT2D eigenvalue weighted by Crippen LogP contribution is -2.39. The molecule has 2 aromatic rings. The number of non-ortho nitro benzene ring substituents is 1. The molecule has 37 heavy (non-hydrogen) atoms. The number of benzene rings is 2. The molecule has 0 bridgehead atoms. The van der Waals surface area contributed by atoms with Crippen molar-refractivity contribution in [2.45, 2.75) is 12.5 Å². The Morgan fingerprint density at radius 2 is 1.89 bits per heavy atom. The zero-order valence-electron chi connectivity index (χ0n) is 20.4. The highest BCUT2D eigenvalue weighted by Gasteiger charge is 2.46. The van der Waals surface area contributed by atoms with Gasteiger partial charge in [-0.25, -0.2) is 0 Å². The van der Waals surface area contributed by atoms with Crippen LogP contribution in [0, 0.1) is 10.1 Å². The van der Waals surface area contributed by atoms with Crippen LogP contribution in [0.4, 0.5) is 5.69 Å². The first-order valence-electron chi connectivity index (χ1n) is 12.1. The average molecular weight is 508 g/mol. The van der Waals surface area contributed by atoms with Gasteiger partial charge in [-0.05, 0) is 36.2 Å². The molecule has 2 saturated heterocycles. The van der Waals surface area contributed by atoms with Crippen LogP contribution in [0.1, 0.15) is 23.6 Å². The Labute approximate surface area is 214 Å². The van der Waals surface area contributed by atoms with Gasteiger partial charge in [-0.15, -0.1) is 0 Å². The van der Waals surface area contributed by atoms with Gasteiger partial charge in [-0.3, -0.25) is 24.6 Å². The summed E-state index contributed by atoms with van der Waals surface area (Å²) in [6, 6.07) is 11.3. The van der Waals surface area contributed by atoms with E-state index in [1.807, 2.05) is 0 Å². The Balaban J connectivity index is 1.68. The molecule has 1 N–H and O–H groups in total. The predicted molar refractivity (Wildman–Crippen MR) is 136 cm³/mol. The molecule has 0 unspecified atom stereocenters. The van der Waals surface area contributed by atoms with Gasteiger partial charge in [0.15, 0.2) is 0 Å². The minimum absolute atomic E-state index is 0.100. The van der Waals surface area contributed by atoms with Crippen molar-refractivity contribution in [1.82, 2.24) is 9.80 Å². The van der Waals surface area contributed by atoms with E-state index in [0.717, 1.165) is 13.1 Å². The summed E-state index contributed by atoms with van der Waals surface area (Å²) < 4.78 is 10.8. The second-order valence-electron chi connectivity index (χ2n) is 8.78. The van der Waals surface area contributed by atoms with Crippen molar-refractivity contribution >= 4 is 23.1 Å². The Morgan fingerprint density at radius 3 is 2.57 bits per heavy atom. The molecule has 4 rings (SSSR count). The molecule has 0 aromatic heterocycles. The molecule has 0 spiro atoms. The minimum atomic E-state index is -0.957. The van der Waals surface area contributed by atoms with Gasteiger partial charge in [0.05, 0.1) is 29.8 Å². The average Bonchev–Trinajstić information content (AvgIpc) is 3.17. The molecule has 10 heteroatoms. The third-order valence-corrected chi connectivity index (χ3v) is 6.41. The lowest BCUT2D eigenvalue weighted by Gasteiger charge is -2.29. The first-order chi connectivity index (χ1) is 17.9. The van der Waals surface area contributed by atoms with Crippen LogP contribution in [-0.2, 0) is 14.3 Å². The van der Waals surface area contributed by atoms with Crippen molar-refractivity contribution in [3.8, 4) is 5.75 Å². The van der Waals surface area contributed by atoms with Crippen LogP contribution in [0.5, 0.6) is 5.75 Å². The fourth-order valence-electron chi connectivity index (χ4n) is 4.57. The van der Waals surface area contributed by atoms with Gasteiger partial charge in [0.1, 0.15) is 18.1 Å². The molecule has 1 atom stereocenters. The number of Topliss-reactive ketones (excluding diaryl/α,β-unsaturated/α-hetero) is 1. The zero-order valence-corrected chi connectivity index (χ0v) is 20.4. The van der Waals surface area contributed by atoms with Gasteiger partial charge in [-0.1, -0.05) is 24.8 Å². The number of carbonyl (C=O) groups excluding carboxylic acids is 2. The first kappa shape index (κ1) is 26.1. The van der Waals surface area contributed by atoms with E-state index in [1.165, 1.54) is 23.1 Å². The van der Waals surface area contributed by atoms with Crippen LogP contribution in [0.3, 0.4) is 0 Å². The summed E-state index contributed by atoms with van der Waals surface area (Å²) in [6.45, 7) is 7.75. The molecular weight excluding hydrogens is 478 g/mol. The monoisotopic (exact) mass is 507 g/mol. The Kier molecular flexibility index (Phi) is 8.32. The molecular formula is C27H29N3O7. The maximum atomic E-state index is 13.2. The number of hydrogen-bond donors (Lipinski definition) is 1. The third-order valence-electron chi connectivity index (χ3n) is 6.41. The number of aliphatic hydroxyl groups excluding tert-OH is 1. The molecule has 2 aliphatic heterocycles. The summed E-state index contributed by atoms with van der Waals surface area (Å²) in [5.41, 5.74) is 0.441. The van der Waals surface area contributed by atoms with Gasteiger partial charge in [0, 0.05) is 43.9 Å². The lowest BCUT2D eigenvalue weighted by atomic mass is 9.95. The standard InChI is InChI=1S/C27H29N3O7/c1-2-15-37-22-9-7-19(8-10-22)25(31)23-24(20-5-3-6-21(18-20)30(34)35)29(27(33)26(23)32)12-4-11-28-13-16-36-17-14-28/h2-3,5-10,18,24,31H,1,4,11-17H2/t24-/m0/s1. The minimum Gasteiger partial charge on any atom is -0.507 e. The Hall–Kier alpha value is -4.02. The predicted octanol–water partition coefficient (Wildman–Crippen LogP) is 3.30. The van der Waals surface area contributed by atoms with Crippen LogP contribution in [0.25, 0.3) is 5.76 Å². The number of ether oxygens (including phenoxy) is 2. The van der Waals surface area contributed by atoms with Crippen LogP contribution < -0.4 is 4.74 Å². The van der Waals surface area contributed by atoms with E-state index in [9.17, 15) is 24.8 Å². The molecule has 2 aromatic carbocycles. The Bertz CT molecular complexity index is 1200. The molecule has 10 nitrogen and oxygen atoms in total. The molecule has 0 aliphatic carbocycles. The van der Waals surface area contributed by atoms with Gasteiger partial charge in [0.25, 0.3) is 17.4 Å². The number of amides is 1. The molecule has 0 radical (unpaired) electrons. The number of carbonyl (C=O) groups is 2. The number of nitro groups is 1. The van der Waals surface area contributed by atoms with Crippen molar-refractivity contribution in [2.75, 3.05) is 46.0 Å². The quantitative estimate of drug-likeness (QED) is 0.130. The fraction of sp³-hybridized carbons (Fsp3) is 0.333. The summed E-state index contributed by atoms with van der Waals surface area (Å²) in [5.74, 6) is -1.37. The number of morpholine rings is 1. The van der Waals surface area contributed by atoms with E-state index < -0.39 is 22.7 Å². The maximum absolute atomic E-state index is 13.2. The number of nitrogens with zero attached hydrogens (tertiary/aromatic N) is 3. The molecule has 2 aliphatic rings. The van der Waals surface area contributed by atoms with Crippen molar-refractivity contribution in [3.05, 3.63) is 88.0 Å². The first-order valence-corrected chi connectivity index (χ1v) is 12.1. The number of ketones is 1. The molecule has 2 fully saturated rings. The van der Waals surface area contributed by atoms with Gasteiger partial charge in [-0.2, -0.15) is 0 Å². The van der Waals surface area contributed by atoms with E-state index >= 15 is 0 Å². The maximum Gasteiger partial charge on any atom is 0.295 e. The van der Waals surface area contributed by atoms with Crippen LogP contribution in [0.2, 0.25) is 0 Å². The van der Waals surface area contributed by atoms with E-state index in [0.29, 0.717) is 49.7 Å². The number of hydrogen-bond acceptors (Lipinski definition) is 8. The zero-order chi connectivity index (χ0) is 26.4. The van der Waals surface area contributed by atoms with E-state index in [-0.39, 0.29) is 23.6 Å². The molecule has 1 amide bonds. The van der Waals surface area contributed by atoms with E-state index in [1.54, 1.807) is 36.4 Å². The van der Waals surface area contributed by atoms with E-state index in [4.69, 9.17) is 9.47 Å². The van der Waals surface area contributed by atoms with Crippen molar-refractivity contribution in [2.24, 2.45) is 0 Å². The van der Waals surface area contributed by atoms with Crippen LogP contribution >= 0.6 is 0 Å². The highest BCUT2D eigenvalue weighted by Crippen LogP contribution is 2.40. The van der Waals surface area contributed by atoms with Crippen LogP contribution in [0.15, 0.2) is 66.8 Å². The highest BCUT2D eigenvalue weighted by atomic mass is 16.6. The van der Waals surface area contributed by atoms with Crippen molar-refractivity contribution in [3.63, 3.8) is 0 Å². The molecule has 194 valence electrons. The number of nitro benzene ring substituents is 1. The number of likely N-dealkylation sites (tertiary alicyclic amines) is 1. The third kappa shape index (κ3) is 5.87. The lowest BCUT2D eigenvalue weighted by molar-refractivity contribution is -0.384. The van der Waals surface area contributed by atoms with Crippen molar-refractivity contribution < 1.29 is 29.1 Å². The summed E-state index contributed by atoms with van der Waals surface area (Å²) in [7, 11) is 0. The largest absolute Gasteiger partial charge is 0.507 e. The fourth-order valence-corrected chi connectivity index (χ4v) is 4.57. The summed E-state index contributed by atoms with van der Waals surface area (Å²) >= 11 is 0. The smallest absolute Gasteiger partial charge is 0.295 e. The number of aliphatic hydroxyl groups is 1. The second-order valence-corrected chi connectivity index (χ2v) is 8.78.